The van der Waals surface area contributed by atoms with Gasteiger partial charge in [-0.25, -0.2) is 9.59 Å². The van der Waals surface area contributed by atoms with E-state index >= 15 is 0 Å². The lowest BCUT2D eigenvalue weighted by Gasteiger charge is -2.15. The molecule has 1 unspecified atom stereocenters. The van der Waals surface area contributed by atoms with Crippen LogP contribution in [0.25, 0.3) is 0 Å². The first-order valence-corrected chi connectivity index (χ1v) is 5.70. The normalized spacial score (nSPS) is 12.6. The van der Waals surface area contributed by atoms with Crippen molar-refractivity contribution in [3.05, 3.63) is 0 Å². The zero-order valence-electron chi connectivity index (χ0n) is 8.86. The molecule has 0 aromatic heterocycles. The summed E-state index contributed by atoms with van der Waals surface area (Å²) in [5.74, 6) is -2.57. The van der Waals surface area contributed by atoms with Gasteiger partial charge in [-0.3, -0.25) is 4.79 Å². The van der Waals surface area contributed by atoms with Gasteiger partial charge in [-0.15, -0.1) is 0 Å². The minimum atomic E-state index is -1.81. The highest BCUT2D eigenvalue weighted by molar-refractivity contribution is 6.67. The van der Waals surface area contributed by atoms with Gasteiger partial charge < -0.3 is 20.3 Å². The van der Waals surface area contributed by atoms with Crippen LogP contribution in [0.2, 0.25) is 0 Å². The van der Waals surface area contributed by atoms with Gasteiger partial charge in [0.25, 0.3) is 0 Å². The van der Waals surface area contributed by atoms with E-state index in [-0.39, 0.29) is 6.42 Å². The monoisotopic (exact) mass is 321 g/mol. The number of halogens is 3. The molecule has 0 aliphatic carbocycles. The molecule has 0 saturated carbocycles. The van der Waals surface area contributed by atoms with E-state index in [1.54, 1.807) is 0 Å². The van der Waals surface area contributed by atoms with Crippen molar-refractivity contribution in [2.24, 2.45) is 0 Å². The summed E-state index contributed by atoms with van der Waals surface area (Å²) in [4.78, 5) is 32.1. The Labute approximate surface area is 117 Å². The minimum absolute atomic E-state index is 0.284. The van der Waals surface area contributed by atoms with Crippen LogP contribution in [0, 0.1) is 0 Å². The molecule has 0 radical (unpaired) electrons. The highest BCUT2D eigenvalue weighted by atomic mass is 35.6. The summed E-state index contributed by atoms with van der Waals surface area (Å²) >= 11 is 15.9. The second kappa shape index (κ2) is 7.50. The molecule has 104 valence electrons. The highest BCUT2D eigenvalue weighted by Gasteiger charge is 2.25. The fourth-order valence-electron chi connectivity index (χ4n) is 0.856. The smallest absolute Gasteiger partial charge is 0.407 e. The SMILES string of the molecule is O=C(O)CCC(NC(=O)OCC(Cl)(Cl)Cl)C(=O)O. The summed E-state index contributed by atoms with van der Waals surface area (Å²) in [5, 5.41) is 19.1. The van der Waals surface area contributed by atoms with Crippen LogP contribution in [-0.2, 0) is 14.3 Å². The quantitative estimate of drug-likeness (QED) is 0.637. The highest BCUT2D eigenvalue weighted by Crippen LogP contribution is 2.25. The zero-order valence-corrected chi connectivity index (χ0v) is 11.1. The van der Waals surface area contributed by atoms with E-state index < -0.39 is 40.9 Å². The number of hydrogen-bond acceptors (Lipinski definition) is 4. The topological polar surface area (TPSA) is 113 Å². The number of alkyl carbamates (subject to hydrolysis) is 1. The molecule has 0 bridgehead atoms. The number of carbonyl (C=O) groups excluding carboxylic acids is 1. The molecule has 10 heteroatoms. The second-order valence-corrected chi connectivity index (χ2v) is 5.67. The first kappa shape index (κ1) is 17.1. The van der Waals surface area contributed by atoms with Gasteiger partial charge in [0.15, 0.2) is 0 Å². The number of amides is 1. The number of aliphatic carboxylic acids is 2. The zero-order chi connectivity index (χ0) is 14.3. The Bertz CT molecular complexity index is 329. The third kappa shape index (κ3) is 9.15. The molecule has 0 aliphatic rings. The molecule has 0 spiro atoms. The largest absolute Gasteiger partial charge is 0.481 e. The molecule has 3 N–H and O–H groups in total. The Morgan fingerprint density at radius 1 is 1.22 bits per heavy atom. The van der Waals surface area contributed by atoms with Gasteiger partial charge in [-0.1, -0.05) is 34.8 Å². The third-order valence-corrected chi connectivity index (χ3v) is 1.93. The molecule has 0 aliphatic heterocycles. The molecule has 1 amide bonds. The van der Waals surface area contributed by atoms with Gasteiger partial charge in [0.05, 0.1) is 0 Å². The number of carbonyl (C=O) groups is 3. The molecule has 0 fully saturated rings. The maximum atomic E-state index is 11.1. The summed E-state index contributed by atoms with van der Waals surface area (Å²) in [5.41, 5.74) is 0. The van der Waals surface area contributed by atoms with Crippen molar-refractivity contribution in [1.82, 2.24) is 5.32 Å². The molecule has 0 rings (SSSR count). The van der Waals surface area contributed by atoms with E-state index in [9.17, 15) is 14.4 Å². The maximum Gasteiger partial charge on any atom is 0.407 e. The number of carboxylic acid groups (broad SMARTS) is 2. The predicted molar refractivity (Wildman–Crippen MR) is 63.1 cm³/mol. The van der Waals surface area contributed by atoms with E-state index in [4.69, 9.17) is 45.0 Å². The van der Waals surface area contributed by atoms with E-state index in [0.717, 1.165) is 0 Å². The molecule has 7 nitrogen and oxygen atoms in total. The number of carboxylic acids is 2. The number of alkyl halides is 3. The average Bonchev–Trinajstić information content (AvgIpc) is 2.19. The Hall–Kier alpha value is -0.920. The Morgan fingerprint density at radius 2 is 1.78 bits per heavy atom. The molecule has 0 aromatic rings. The number of hydrogen-bond donors (Lipinski definition) is 3. The molecule has 0 heterocycles. The van der Waals surface area contributed by atoms with Crippen LogP contribution >= 0.6 is 34.8 Å². The summed E-state index contributed by atoms with van der Waals surface area (Å²) in [6.07, 6.45) is -1.81. The van der Waals surface area contributed by atoms with Gasteiger partial charge in [-0.2, -0.15) is 0 Å². The number of ether oxygens (including phenoxy) is 1. The fourth-order valence-corrected chi connectivity index (χ4v) is 1.02. The predicted octanol–water partition coefficient (Wildman–Crippen LogP) is 1.40. The second-order valence-electron chi connectivity index (χ2n) is 3.16. The summed E-state index contributed by atoms with van der Waals surface area (Å²) in [6.45, 7) is -0.561. The van der Waals surface area contributed by atoms with Crippen LogP contribution < -0.4 is 5.32 Å². The van der Waals surface area contributed by atoms with Crippen molar-refractivity contribution >= 4 is 52.8 Å². The van der Waals surface area contributed by atoms with Crippen LogP contribution in [0.3, 0.4) is 0 Å². The summed E-state index contributed by atoms with van der Waals surface area (Å²) in [6, 6.07) is -1.39. The molecule has 1 atom stereocenters. The number of nitrogens with one attached hydrogen (secondary N) is 1. The lowest BCUT2D eigenvalue weighted by Crippen LogP contribution is -2.42. The van der Waals surface area contributed by atoms with E-state index in [2.05, 4.69) is 4.74 Å². The van der Waals surface area contributed by atoms with Gasteiger partial charge in [0.1, 0.15) is 12.6 Å². The molecular weight excluding hydrogens is 312 g/mol. The molecule has 0 saturated heterocycles. The Morgan fingerprint density at radius 3 is 2.17 bits per heavy atom. The van der Waals surface area contributed by atoms with E-state index in [1.165, 1.54) is 0 Å². The van der Waals surface area contributed by atoms with Gasteiger partial charge in [0, 0.05) is 6.42 Å². The average molecular weight is 323 g/mol. The van der Waals surface area contributed by atoms with Crippen molar-refractivity contribution in [2.75, 3.05) is 6.61 Å². The first-order valence-electron chi connectivity index (χ1n) is 4.56. The van der Waals surface area contributed by atoms with Crippen LogP contribution in [0.5, 0.6) is 0 Å². The van der Waals surface area contributed by atoms with Crippen LogP contribution in [0.15, 0.2) is 0 Å². The van der Waals surface area contributed by atoms with Crippen molar-refractivity contribution in [3.63, 3.8) is 0 Å². The summed E-state index contributed by atoms with van der Waals surface area (Å²) in [7, 11) is 0. The van der Waals surface area contributed by atoms with Crippen molar-refractivity contribution in [3.8, 4) is 0 Å². The van der Waals surface area contributed by atoms with Crippen LogP contribution in [0.1, 0.15) is 12.8 Å². The Kier molecular flexibility index (Phi) is 7.12. The number of rotatable bonds is 6. The van der Waals surface area contributed by atoms with Crippen molar-refractivity contribution < 1.29 is 29.3 Å². The lowest BCUT2D eigenvalue weighted by atomic mass is 10.1. The lowest BCUT2D eigenvalue weighted by molar-refractivity contribution is -0.140. The first-order chi connectivity index (χ1) is 8.11. The van der Waals surface area contributed by atoms with Crippen LogP contribution in [-0.4, -0.2) is 44.7 Å². The van der Waals surface area contributed by atoms with E-state index in [1.807, 2.05) is 5.32 Å². The fraction of sp³-hybridized carbons (Fsp3) is 0.625. The molecular formula is C8H10Cl3NO6. The Balaban J connectivity index is 4.20. The van der Waals surface area contributed by atoms with E-state index in [0.29, 0.717) is 0 Å². The van der Waals surface area contributed by atoms with Crippen LogP contribution in [0.4, 0.5) is 4.79 Å². The minimum Gasteiger partial charge on any atom is -0.481 e. The molecule has 18 heavy (non-hydrogen) atoms. The van der Waals surface area contributed by atoms with Crippen molar-refractivity contribution in [1.29, 1.82) is 0 Å². The van der Waals surface area contributed by atoms with Gasteiger partial charge >= 0.3 is 18.0 Å². The van der Waals surface area contributed by atoms with Gasteiger partial charge in [-0.05, 0) is 6.42 Å². The van der Waals surface area contributed by atoms with Crippen molar-refractivity contribution in [2.45, 2.75) is 22.7 Å². The van der Waals surface area contributed by atoms with Gasteiger partial charge in [0.2, 0.25) is 3.79 Å². The summed E-state index contributed by atoms with van der Waals surface area (Å²) < 4.78 is 2.63. The standard InChI is InChI=1S/C8H10Cl3NO6/c9-8(10,11)3-18-7(17)12-4(6(15)16)1-2-5(13)14/h4H,1-3H2,(H,12,17)(H,13,14)(H,15,16). The molecule has 0 aromatic carbocycles. The third-order valence-electron chi connectivity index (χ3n) is 1.60. The maximum absolute atomic E-state index is 11.1.